The summed E-state index contributed by atoms with van der Waals surface area (Å²) in [6.07, 6.45) is 0. The zero-order valence-electron chi connectivity index (χ0n) is 10.2. The van der Waals surface area contributed by atoms with Gasteiger partial charge in [0, 0.05) is 17.4 Å². The minimum absolute atomic E-state index is 0.339. The van der Waals surface area contributed by atoms with Gasteiger partial charge >= 0.3 is 0 Å². The van der Waals surface area contributed by atoms with E-state index in [0.29, 0.717) is 17.5 Å². The first kappa shape index (κ1) is 11.8. The van der Waals surface area contributed by atoms with E-state index in [0.717, 1.165) is 5.69 Å². The number of aromatic nitrogens is 1. The molecule has 0 radical (unpaired) electrons. The molecule has 0 aromatic carbocycles. The molecule has 0 bridgehead atoms. The number of nitrogens with zero attached hydrogens (tertiary/aromatic N) is 1. The van der Waals surface area contributed by atoms with E-state index in [1.54, 1.807) is 0 Å². The zero-order chi connectivity index (χ0) is 11.7. The van der Waals surface area contributed by atoms with Crippen LogP contribution in [0.25, 0.3) is 0 Å². The lowest BCUT2D eigenvalue weighted by molar-refractivity contribution is 0.0999. The second-order valence-corrected chi connectivity index (χ2v) is 4.55. The van der Waals surface area contributed by atoms with E-state index in [1.165, 1.54) is 5.69 Å². The molecule has 1 aromatic rings. The highest BCUT2D eigenvalue weighted by Crippen LogP contribution is 2.25. The third-order valence-electron chi connectivity index (χ3n) is 2.69. The topological polar surface area (TPSA) is 48.0 Å². The Kier molecular flexibility index (Phi) is 3.22. The SMILES string of the molecule is Cc1c(C(N)=O)cc(C(C)C)n1C(C)C. The minimum Gasteiger partial charge on any atom is -0.366 e. The molecule has 0 fully saturated rings. The lowest BCUT2D eigenvalue weighted by atomic mass is 10.1. The molecule has 0 saturated carbocycles. The molecule has 0 aliphatic rings. The summed E-state index contributed by atoms with van der Waals surface area (Å²) in [7, 11) is 0. The number of amides is 1. The van der Waals surface area contributed by atoms with Gasteiger partial charge in [0.25, 0.3) is 5.91 Å². The summed E-state index contributed by atoms with van der Waals surface area (Å²) in [6.45, 7) is 10.4. The quantitative estimate of drug-likeness (QED) is 0.815. The summed E-state index contributed by atoms with van der Waals surface area (Å²) in [5, 5.41) is 0. The van der Waals surface area contributed by atoms with Crippen LogP contribution in [0.3, 0.4) is 0 Å². The van der Waals surface area contributed by atoms with Crippen molar-refractivity contribution in [2.75, 3.05) is 0 Å². The van der Waals surface area contributed by atoms with Crippen molar-refractivity contribution < 1.29 is 4.79 Å². The first-order valence-electron chi connectivity index (χ1n) is 5.37. The number of hydrogen-bond acceptors (Lipinski definition) is 1. The molecule has 0 spiro atoms. The molecule has 0 saturated heterocycles. The highest BCUT2D eigenvalue weighted by molar-refractivity contribution is 5.94. The van der Waals surface area contributed by atoms with Gasteiger partial charge in [-0.3, -0.25) is 4.79 Å². The molecule has 15 heavy (non-hydrogen) atoms. The normalized spacial score (nSPS) is 11.4. The Balaban J connectivity index is 3.39. The van der Waals surface area contributed by atoms with Gasteiger partial charge < -0.3 is 10.3 Å². The summed E-state index contributed by atoms with van der Waals surface area (Å²) < 4.78 is 2.19. The van der Waals surface area contributed by atoms with E-state index in [9.17, 15) is 4.79 Å². The van der Waals surface area contributed by atoms with Gasteiger partial charge in [-0.15, -0.1) is 0 Å². The van der Waals surface area contributed by atoms with E-state index in [-0.39, 0.29) is 5.91 Å². The number of carbonyl (C=O) groups is 1. The number of primary amides is 1. The Labute approximate surface area is 91.3 Å². The molecular formula is C12H20N2O. The van der Waals surface area contributed by atoms with E-state index in [4.69, 9.17) is 5.73 Å². The van der Waals surface area contributed by atoms with Crippen molar-refractivity contribution in [3.05, 3.63) is 23.0 Å². The zero-order valence-corrected chi connectivity index (χ0v) is 10.2. The molecule has 3 nitrogen and oxygen atoms in total. The maximum absolute atomic E-state index is 11.2. The van der Waals surface area contributed by atoms with Crippen molar-refractivity contribution in [2.45, 2.75) is 46.6 Å². The summed E-state index contributed by atoms with van der Waals surface area (Å²) in [6, 6.07) is 2.28. The van der Waals surface area contributed by atoms with Crippen LogP contribution in [-0.2, 0) is 0 Å². The summed E-state index contributed by atoms with van der Waals surface area (Å²) in [5.74, 6) is 0.0630. The monoisotopic (exact) mass is 208 g/mol. The molecule has 0 aliphatic heterocycles. The second kappa shape index (κ2) is 4.09. The molecule has 1 aromatic heterocycles. The molecule has 1 heterocycles. The molecule has 3 heteroatoms. The first-order chi connectivity index (χ1) is 6.86. The van der Waals surface area contributed by atoms with Crippen molar-refractivity contribution in [1.82, 2.24) is 4.57 Å². The minimum atomic E-state index is -0.339. The standard InChI is InChI=1S/C12H20N2O/c1-7(2)11-6-10(12(13)15)9(5)14(11)8(3)4/h6-8H,1-5H3,(H2,13,15). The van der Waals surface area contributed by atoms with Gasteiger partial charge in [0.15, 0.2) is 0 Å². The van der Waals surface area contributed by atoms with Crippen LogP contribution in [-0.4, -0.2) is 10.5 Å². The lowest BCUT2D eigenvalue weighted by Crippen LogP contribution is -2.13. The van der Waals surface area contributed by atoms with E-state index in [2.05, 4.69) is 32.3 Å². The van der Waals surface area contributed by atoms with Gasteiger partial charge in [-0.25, -0.2) is 0 Å². The third-order valence-corrected chi connectivity index (χ3v) is 2.69. The summed E-state index contributed by atoms with van der Waals surface area (Å²) >= 11 is 0. The average Bonchev–Trinajstić information content (AvgIpc) is 2.42. The van der Waals surface area contributed by atoms with Crippen molar-refractivity contribution in [3.63, 3.8) is 0 Å². The van der Waals surface area contributed by atoms with Crippen molar-refractivity contribution in [2.24, 2.45) is 5.73 Å². The van der Waals surface area contributed by atoms with E-state index < -0.39 is 0 Å². The van der Waals surface area contributed by atoms with Gasteiger partial charge in [0.1, 0.15) is 0 Å². The van der Waals surface area contributed by atoms with E-state index >= 15 is 0 Å². The largest absolute Gasteiger partial charge is 0.366 e. The Hall–Kier alpha value is -1.25. The van der Waals surface area contributed by atoms with Crippen LogP contribution in [0.5, 0.6) is 0 Å². The molecule has 0 aliphatic carbocycles. The van der Waals surface area contributed by atoms with Crippen molar-refractivity contribution in [3.8, 4) is 0 Å². The third kappa shape index (κ3) is 2.06. The van der Waals surface area contributed by atoms with Crippen molar-refractivity contribution >= 4 is 5.91 Å². The van der Waals surface area contributed by atoms with Gasteiger partial charge in [-0.05, 0) is 32.8 Å². The van der Waals surface area contributed by atoms with Crippen molar-refractivity contribution in [1.29, 1.82) is 0 Å². The predicted octanol–water partition coefficient (Wildman–Crippen LogP) is 2.60. The van der Waals surface area contributed by atoms with Gasteiger partial charge in [0.2, 0.25) is 0 Å². The second-order valence-electron chi connectivity index (χ2n) is 4.55. The Morgan fingerprint density at radius 3 is 2.13 bits per heavy atom. The van der Waals surface area contributed by atoms with Crippen LogP contribution in [0.1, 0.15) is 61.4 Å². The van der Waals surface area contributed by atoms with E-state index in [1.807, 2.05) is 13.0 Å². The molecule has 84 valence electrons. The molecule has 0 atom stereocenters. The van der Waals surface area contributed by atoms with Crippen LogP contribution in [0, 0.1) is 6.92 Å². The van der Waals surface area contributed by atoms with Crippen LogP contribution in [0.2, 0.25) is 0 Å². The van der Waals surface area contributed by atoms with Crippen LogP contribution in [0.4, 0.5) is 0 Å². The van der Waals surface area contributed by atoms with Gasteiger partial charge in [0.05, 0.1) is 5.56 Å². The molecular weight excluding hydrogens is 188 g/mol. The average molecular weight is 208 g/mol. The number of rotatable bonds is 3. The number of hydrogen-bond donors (Lipinski definition) is 1. The molecule has 2 N–H and O–H groups in total. The van der Waals surface area contributed by atoms with Crippen LogP contribution >= 0.6 is 0 Å². The fourth-order valence-electron chi connectivity index (χ4n) is 2.02. The number of nitrogens with two attached hydrogens (primary N) is 1. The van der Waals surface area contributed by atoms with Gasteiger partial charge in [-0.1, -0.05) is 13.8 Å². The lowest BCUT2D eigenvalue weighted by Gasteiger charge is -2.17. The molecule has 1 amide bonds. The predicted molar refractivity (Wildman–Crippen MR) is 62.2 cm³/mol. The van der Waals surface area contributed by atoms with Crippen LogP contribution in [0.15, 0.2) is 6.07 Å². The highest BCUT2D eigenvalue weighted by Gasteiger charge is 2.18. The molecule has 1 rings (SSSR count). The highest BCUT2D eigenvalue weighted by atomic mass is 16.1. The fraction of sp³-hybridized carbons (Fsp3) is 0.583. The first-order valence-corrected chi connectivity index (χ1v) is 5.37. The maximum atomic E-state index is 11.2. The number of carbonyl (C=O) groups excluding carboxylic acids is 1. The molecule has 0 unspecified atom stereocenters. The smallest absolute Gasteiger partial charge is 0.250 e. The van der Waals surface area contributed by atoms with Gasteiger partial charge in [-0.2, -0.15) is 0 Å². The fourth-order valence-corrected chi connectivity index (χ4v) is 2.02. The maximum Gasteiger partial charge on any atom is 0.250 e. The Morgan fingerprint density at radius 1 is 1.33 bits per heavy atom. The summed E-state index contributed by atoms with van der Waals surface area (Å²) in [5.41, 5.74) is 8.14. The Bertz CT molecular complexity index is 375. The Morgan fingerprint density at radius 2 is 1.87 bits per heavy atom. The van der Waals surface area contributed by atoms with Crippen LogP contribution < -0.4 is 5.73 Å². The summed E-state index contributed by atoms with van der Waals surface area (Å²) in [4.78, 5) is 11.2.